The molecule has 4 rings (SSSR count). The average Bonchev–Trinajstić information content (AvgIpc) is 3.05. The summed E-state index contributed by atoms with van der Waals surface area (Å²) in [7, 11) is 0. The normalized spacial score (nSPS) is 30.3. The van der Waals surface area contributed by atoms with Crippen LogP contribution in [0.4, 0.5) is 10.3 Å². The third kappa shape index (κ3) is 3.08. The molecule has 130 valence electrons. The molecule has 3 saturated heterocycles. The van der Waals surface area contributed by atoms with Gasteiger partial charge >= 0.3 is 0 Å². The lowest BCUT2D eigenvalue weighted by Crippen LogP contribution is -2.44. The van der Waals surface area contributed by atoms with Crippen molar-refractivity contribution in [3.05, 3.63) is 18.2 Å². The summed E-state index contributed by atoms with van der Waals surface area (Å²) >= 11 is 0. The number of anilines is 1. The second kappa shape index (κ2) is 6.60. The highest BCUT2D eigenvalue weighted by atomic mass is 19.1. The van der Waals surface area contributed by atoms with Gasteiger partial charge in [0.25, 0.3) is 5.91 Å². The standard InChI is InChI=1S/C16H21FN4O3/c17-12-8-18-16(19-9-12)20-5-3-11-7-13(24-14(11)10-20)15(22)21-4-1-2-6-23-21/h8-9,11,13-14H,1-7,10H2/t11-,13+,14+/m1/s1. The summed E-state index contributed by atoms with van der Waals surface area (Å²) in [6.07, 6.45) is 5.51. The van der Waals surface area contributed by atoms with Crippen LogP contribution in [0, 0.1) is 11.7 Å². The third-order valence-corrected chi connectivity index (χ3v) is 4.97. The number of carbonyl (C=O) groups is 1. The van der Waals surface area contributed by atoms with E-state index in [4.69, 9.17) is 9.57 Å². The van der Waals surface area contributed by atoms with Crippen molar-refractivity contribution in [3.8, 4) is 0 Å². The van der Waals surface area contributed by atoms with Gasteiger partial charge in [-0.2, -0.15) is 0 Å². The molecule has 4 heterocycles. The third-order valence-electron chi connectivity index (χ3n) is 4.97. The minimum atomic E-state index is -0.446. The minimum Gasteiger partial charge on any atom is -0.363 e. The van der Waals surface area contributed by atoms with E-state index in [2.05, 4.69) is 9.97 Å². The molecule has 0 spiro atoms. The van der Waals surface area contributed by atoms with Gasteiger partial charge in [0, 0.05) is 19.6 Å². The van der Waals surface area contributed by atoms with Crippen molar-refractivity contribution in [2.75, 3.05) is 31.1 Å². The first-order valence-corrected chi connectivity index (χ1v) is 8.53. The maximum absolute atomic E-state index is 13.0. The molecule has 3 aliphatic rings. The highest BCUT2D eigenvalue weighted by molar-refractivity contribution is 5.80. The van der Waals surface area contributed by atoms with Crippen LogP contribution in [0.3, 0.4) is 0 Å². The van der Waals surface area contributed by atoms with E-state index in [9.17, 15) is 9.18 Å². The predicted octanol–water partition coefficient (Wildman–Crippen LogP) is 1.15. The number of fused-ring (bicyclic) bond motifs is 1. The summed E-state index contributed by atoms with van der Waals surface area (Å²) in [6.45, 7) is 2.66. The van der Waals surface area contributed by atoms with E-state index >= 15 is 0 Å². The van der Waals surface area contributed by atoms with Crippen LogP contribution < -0.4 is 4.90 Å². The minimum absolute atomic E-state index is 0.0221. The van der Waals surface area contributed by atoms with Crippen LogP contribution in [0.25, 0.3) is 0 Å². The molecule has 0 aromatic carbocycles. The van der Waals surface area contributed by atoms with Crippen LogP contribution >= 0.6 is 0 Å². The number of piperidine rings is 1. The van der Waals surface area contributed by atoms with Crippen LogP contribution in [-0.2, 0) is 14.4 Å². The lowest BCUT2D eigenvalue weighted by molar-refractivity contribution is -0.206. The Balaban J connectivity index is 1.38. The zero-order valence-corrected chi connectivity index (χ0v) is 13.4. The van der Waals surface area contributed by atoms with Crippen LogP contribution in [0.5, 0.6) is 0 Å². The molecule has 1 amide bonds. The zero-order chi connectivity index (χ0) is 16.5. The number of hydrogen-bond acceptors (Lipinski definition) is 6. The molecule has 8 heteroatoms. The number of halogens is 1. The fraction of sp³-hybridized carbons (Fsp3) is 0.688. The Kier molecular flexibility index (Phi) is 4.32. The van der Waals surface area contributed by atoms with Crippen LogP contribution in [-0.4, -0.2) is 59.4 Å². The van der Waals surface area contributed by atoms with Gasteiger partial charge in [-0.15, -0.1) is 0 Å². The molecule has 3 atom stereocenters. The number of carbonyl (C=O) groups excluding carboxylic acids is 1. The Bertz CT molecular complexity index is 593. The second-order valence-corrected chi connectivity index (χ2v) is 6.58. The van der Waals surface area contributed by atoms with Gasteiger partial charge in [-0.25, -0.2) is 19.4 Å². The lowest BCUT2D eigenvalue weighted by Gasteiger charge is -2.33. The summed E-state index contributed by atoms with van der Waals surface area (Å²) in [4.78, 5) is 28.0. The summed E-state index contributed by atoms with van der Waals surface area (Å²) in [5.41, 5.74) is 0. The maximum Gasteiger partial charge on any atom is 0.275 e. The fourth-order valence-electron chi connectivity index (χ4n) is 3.67. The van der Waals surface area contributed by atoms with Gasteiger partial charge in [0.1, 0.15) is 6.10 Å². The Hall–Kier alpha value is -1.80. The second-order valence-electron chi connectivity index (χ2n) is 6.58. The van der Waals surface area contributed by atoms with Crippen molar-refractivity contribution < 1.29 is 18.8 Å². The van der Waals surface area contributed by atoms with Crippen molar-refractivity contribution >= 4 is 11.9 Å². The number of hydrogen-bond donors (Lipinski definition) is 0. The molecule has 24 heavy (non-hydrogen) atoms. The Labute approximate surface area is 139 Å². The van der Waals surface area contributed by atoms with Crippen LogP contribution in [0.2, 0.25) is 0 Å². The summed E-state index contributed by atoms with van der Waals surface area (Å²) in [5, 5.41) is 1.46. The van der Waals surface area contributed by atoms with Gasteiger partial charge in [0.15, 0.2) is 5.82 Å². The first-order valence-electron chi connectivity index (χ1n) is 8.53. The molecule has 3 aliphatic heterocycles. The molecule has 0 radical (unpaired) electrons. The molecular formula is C16H21FN4O3. The number of rotatable bonds is 2. The van der Waals surface area contributed by atoms with Crippen molar-refractivity contribution in [2.45, 2.75) is 37.9 Å². The van der Waals surface area contributed by atoms with E-state index in [-0.39, 0.29) is 12.0 Å². The molecule has 1 aromatic heterocycles. The number of nitrogens with zero attached hydrogens (tertiary/aromatic N) is 4. The smallest absolute Gasteiger partial charge is 0.275 e. The van der Waals surface area contributed by atoms with Gasteiger partial charge in [-0.3, -0.25) is 9.63 Å². The van der Waals surface area contributed by atoms with E-state index in [0.29, 0.717) is 31.6 Å². The van der Waals surface area contributed by atoms with Gasteiger partial charge in [-0.1, -0.05) is 0 Å². The van der Waals surface area contributed by atoms with E-state index in [1.54, 1.807) is 0 Å². The van der Waals surface area contributed by atoms with Gasteiger partial charge < -0.3 is 9.64 Å². The van der Waals surface area contributed by atoms with E-state index in [1.807, 2.05) is 4.90 Å². The Morgan fingerprint density at radius 2 is 2.08 bits per heavy atom. The van der Waals surface area contributed by atoms with Crippen molar-refractivity contribution in [2.24, 2.45) is 5.92 Å². The topological polar surface area (TPSA) is 67.8 Å². The van der Waals surface area contributed by atoms with Crippen molar-refractivity contribution in [1.82, 2.24) is 15.0 Å². The largest absolute Gasteiger partial charge is 0.363 e. The lowest BCUT2D eigenvalue weighted by atomic mass is 9.92. The maximum atomic E-state index is 13.0. The SMILES string of the molecule is O=C([C@@H]1C[C@H]2CCN(c3ncc(F)cn3)C[C@@H]2O1)N1CCCCO1. The summed E-state index contributed by atoms with van der Waals surface area (Å²) in [6, 6.07) is 0. The molecule has 0 saturated carbocycles. The summed E-state index contributed by atoms with van der Waals surface area (Å²) in [5.74, 6) is 0.361. The number of aromatic nitrogens is 2. The summed E-state index contributed by atoms with van der Waals surface area (Å²) < 4.78 is 19.0. The quantitative estimate of drug-likeness (QED) is 0.807. The molecule has 0 unspecified atom stereocenters. The highest BCUT2D eigenvalue weighted by Crippen LogP contribution is 2.35. The van der Waals surface area contributed by atoms with Crippen LogP contribution in [0.1, 0.15) is 25.7 Å². The first kappa shape index (κ1) is 15.7. The molecule has 0 bridgehead atoms. The molecule has 0 aliphatic carbocycles. The molecule has 1 aromatic rings. The number of amides is 1. The predicted molar refractivity (Wildman–Crippen MR) is 82.5 cm³/mol. The van der Waals surface area contributed by atoms with Crippen molar-refractivity contribution in [3.63, 3.8) is 0 Å². The van der Waals surface area contributed by atoms with Crippen molar-refractivity contribution in [1.29, 1.82) is 0 Å². The Morgan fingerprint density at radius 3 is 2.83 bits per heavy atom. The number of ether oxygens (including phenoxy) is 1. The Morgan fingerprint density at radius 1 is 1.25 bits per heavy atom. The molecule has 7 nitrogen and oxygen atoms in total. The molecule has 0 N–H and O–H groups in total. The number of hydroxylamine groups is 2. The van der Waals surface area contributed by atoms with E-state index in [1.165, 1.54) is 17.5 Å². The zero-order valence-electron chi connectivity index (χ0n) is 13.4. The van der Waals surface area contributed by atoms with Crippen LogP contribution in [0.15, 0.2) is 12.4 Å². The fourth-order valence-corrected chi connectivity index (χ4v) is 3.67. The van der Waals surface area contributed by atoms with Gasteiger partial charge in [0.2, 0.25) is 5.95 Å². The van der Waals surface area contributed by atoms with Gasteiger partial charge in [0.05, 0.1) is 25.1 Å². The first-order chi connectivity index (χ1) is 11.7. The average molecular weight is 336 g/mol. The van der Waals surface area contributed by atoms with E-state index in [0.717, 1.165) is 32.2 Å². The molecular weight excluding hydrogens is 315 g/mol. The molecule has 3 fully saturated rings. The van der Waals surface area contributed by atoms with E-state index < -0.39 is 11.9 Å². The van der Waals surface area contributed by atoms with Gasteiger partial charge in [-0.05, 0) is 31.6 Å². The highest BCUT2D eigenvalue weighted by Gasteiger charge is 2.44. The monoisotopic (exact) mass is 336 g/mol.